The molecule has 0 aromatic heterocycles. The van der Waals surface area contributed by atoms with Gasteiger partial charge in [0.25, 0.3) is 0 Å². The SMILES string of the molecule is CCOC(=O)CNC(=O)N1CCCC(C(C)CC(=O)O)C1. The molecule has 1 fully saturated rings. The Bertz CT molecular complexity index is 386. The number of rotatable bonds is 6. The topological polar surface area (TPSA) is 95.9 Å². The van der Waals surface area contributed by atoms with E-state index in [4.69, 9.17) is 9.84 Å². The van der Waals surface area contributed by atoms with Crippen molar-refractivity contribution in [2.75, 3.05) is 26.2 Å². The average Bonchev–Trinajstić information content (AvgIpc) is 2.44. The zero-order valence-electron chi connectivity index (χ0n) is 12.6. The van der Waals surface area contributed by atoms with E-state index < -0.39 is 11.9 Å². The molecule has 0 aromatic carbocycles. The van der Waals surface area contributed by atoms with Gasteiger partial charge in [-0.25, -0.2) is 4.79 Å². The first-order chi connectivity index (χ1) is 9.93. The minimum atomic E-state index is -0.814. The van der Waals surface area contributed by atoms with Crippen LogP contribution in [0.4, 0.5) is 4.79 Å². The molecule has 1 aliphatic heterocycles. The van der Waals surface area contributed by atoms with Crippen molar-refractivity contribution in [3.05, 3.63) is 0 Å². The summed E-state index contributed by atoms with van der Waals surface area (Å²) in [4.78, 5) is 35.6. The van der Waals surface area contributed by atoms with E-state index in [0.717, 1.165) is 12.8 Å². The zero-order chi connectivity index (χ0) is 15.8. The van der Waals surface area contributed by atoms with Gasteiger partial charge in [-0.1, -0.05) is 6.92 Å². The second kappa shape index (κ2) is 8.49. The number of hydrogen-bond donors (Lipinski definition) is 2. The number of amides is 2. The molecule has 21 heavy (non-hydrogen) atoms. The molecule has 1 saturated heterocycles. The van der Waals surface area contributed by atoms with E-state index in [1.54, 1.807) is 11.8 Å². The minimum absolute atomic E-state index is 0.0307. The van der Waals surface area contributed by atoms with Crippen molar-refractivity contribution in [3.8, 4) is 0 Å². The number of carbonyl (C=O) groups excluding carboxylic acids is 2. The summed E-state index contributed by atoms with van der Waals surface area (Å²) in [6.07, 6.45) is 1.89. The quantitative estimate of drug-likeness (QED) is 0.716. The zero-order valence-corrected chi connectivity index (χ0v) is 12.6. The number of ether oxygens (including phenoxy) is 1. The molecule has 2 atom stereocenters. The molecule has 120 valence electrons. The summed E-state index contributed by atoms with van der Waals surface area (Å²) < 4.78 is 4.75. The van der Waals surface area contributed by atoms with Crippen LogP contribution in [-0.4, -0.2) is 54.2 Å². The predicted molar refractivity (Wildman–Crippen MR) is 75.7 cm³/mol. The Morgan fingerprint density at radius 1 is 1.43 bits per heavy atom. The molecule has 0 saturated carbocycles. The first kappa shape index (κ1) is 17.3. The van der Waals surface area contributed by atoms with E-state index in [9.17, 15) is 14.4 Å². The lowest BCUT2D eigenvalue weighted by Gasteiger charge is -2.35. The second-order valence-corrected chi connectivity index (χ2v) is 5.39. The van der Waals surface area contributed by atoms with Crippen LogP contribution in [0.3, 0.4) is 0 Å². The molecule has 2 N–H and O–H groups in total. The Morgan fingerprint density at radius 2 is 2.14 bits per heavy atom. The molecule has 1 heterocycles. The maximum absolute atomic E-state index is 12.0. The lowest BCUT2D eigenvalue weighted by atomic mass is 9.85. The monoisotopic (exact) mass is 300 g/mol. The fraction of sp³-hybridized carbons (Fsp3) is 0.786. The standard InChI is InChI=1S/C14H24N2O5/c1-3-21-13(19)8-15-14(20)16-6-4-5-11(9-16)10(2)7-12(17)18/h10-11H,3-9H2,1-2H3,(H,15,20)(H,17,18). The molecular weight excluding hydrogens is 276 g/mol. The molecule has 1 rings (SSSR count). The highest BCUT2D eigenvalue weighted by Gasteiger charge is 2.28. The molecule has 0 bridgehead atoms. The maximum Gasteiger partial charge on any atom is 0.325 e. The van der Waals surface area contributed by atoms with Gasteiger partial charge in [0.2, 0.25) is 0 Å². The average molecular weight is 300 g/mol. The summed E-state index contributed by atoms with van der Waals surface area (Å²) in [5.41, 5.74) is 0. The van der Waals surface area contributed by atoms with Crippen molar-refractivity contribution in [1.82, 2.24) is 10.2 Å². The second-order valence-electron chi connectivity index (χ2n) is 5.39. The van der Waals surface area contributed by atoms with Crippen LogP contribution in [0, 0.1) is 11.8 Å². The normalized spacial score (nSPS) is 19.7. The number of likely N-dealkylation sites (tertiary alicyclic amines) is 1. The van der Waals surface area contributed by atoms with Gasteiger partial charge in [0.05, 0.1) is 6.61 Å². The largest absolute Gasteiger partial charge is 0.481 e. The van der Waals surface area contributed by atoms with Crippen molar-refractivity contribution in [2.24, 2.45) is 11.8 Å². The summed E-state index contributed by atoms with van der Waals surface area (Å²) in [5, 5.41) is 11.4. The third-order valence-corrected chi connectivity index (χ3v) is 3.74. The van der Waals surface area contributed by atoms with Gasteiger partial charge < -0.3 is 20.1 Å². The third kappa shape index (κ3) is 6.01. The first-order valence-corrected chi connectivity index (χ1v) is 7.34. The lowest BCUT2D eigenvalue weighted by Crippen LogP contribution is -2.48. The van der Waals surface area contributed by atoms with Crippen LogP contribution in [0.25, 0.3) is 0 Å². The summed E-state index contributed by atoms with van der Waals surface area (Å²) >= 11 is 0. The Balaban J connectivity index is 2.42. The van der Waals surface area contributed by atoms with E-state index in [0.29, 0.717) is 13.1 Å². The maximum atomic E-state index is 12.0. The number of esters is 1. The number of hydrogen-bond acceptors (Lipinski definition) is 4. The smallest absolute Gasteiger partial charge is 0.325 e. The highest BCUT2D eigenvalue weighted by atomic mass is 16.5. The third-order valence-electron chi connectivity index (χ3n) is 3.74. The molecule has 7 nitrogen and oxygen atoms in total. The van der Waals surface area contributed by atoms with Gasteiger partial charge in [0.15, 0.2) is 0 Å². The van der Waals surface area contributed by atoms with Crippen molar-refractivity contribution in [2.45, 2.75) is 33.1 Å². The van der Waals surface area contributed by atoms with Gasteiger partial charge in [-0.15, -0.1) is 0 Å². The van der Waals surface area contributed by atoms with E-state index in [1.807, 2.05) is 6.92 Å². The first-order valence-electron chi connectivity index (χ1n) is 7.34. The van der Waals surface area contributed by atoms with Gasteiger partial charge >= 0.3 is 18.0 Å². The molecule has 0 radical (unpaired) electrons. The Hall–Kier alpha value is -1.79. The number of piperidine rings is 1. The van der Waals surface area contributed by atoms with Crippen LogP contribution < -0.4 is 5.32 Å². The van der Waals surface area contributed by atoms with Gasteiger partial charge in [0.1, 0.15) is 6.54 Å². The summed E-state index contributed by atoms with van der Waals surface area (Å²) in [6.45, 7) is 4.91. The van der Waals surface area contributed by atoms with Gasteiger partial charge in [-0.05, 0) is 31.6 Å². The van der Waals surface area contributed by atoms with E-state index in [1.165, 1.54) is 0 Å². The minimum Gasteiger partial charge on any atom is -0.481 e. The molecule has 2 amide bonds. The number of aliphatic carboxylic acids is 1. The van der Waals surface area contributed by atoms with Crippen molar-refractivity contribution >= 4 is 18.0 Å². The fourth-order valence-corrected chi connectivity index (χ4v) is 2.57. The van der Waals surface area contributed by atoms with Gasteiger partial charge in [0, 0.05) is 19.5 Å². The van der Waals surface area contributed by atoms with Crippen molar-refractivity contribution in [1.29, 1.82) is 0 Å². The van der Waals surface area contributed by atoms with Gasteiger partial charge in [-0.3, -0.25) is 9.59 Å². The Kier molecular flexibility index (Phi) is 6.98. The molecule has 0 aromatic rings. The molecular formula is C14H24N2O5. The van der Waals surface area contributed by atoms with Crippen molar-refractivity contribution < 1.29 is 24.2 Å². The molecule has 2 unspecified atom stereocenters. The van der Waals surface area contributed by atoms with Crippen LogP contribution in [0.2, 0.25) is 0 Å². The van der Waals surface area contributed by atoms with Crippen LogP contribution >= 0.6 is 0 Å². The number of nitrogens with zero attached hydrogens (tertiary/aromatic N) is 1. The van der Waals surface area contributed by atoms with E-state index in [2.05, 4.69) is 5.32 Å². The summed E-state index contributed by atoms with van der Waals surface area (Å²) in [5.74, 6) is -1.06. The van der Waals surface area contributed by atoms with Crippen LogP contribution in [0.15, 0.2) is 0 Å². The Labute approximate surface area is 124 Å². The molecule has 0 spiro atoms. The highest BCUT2D eigenvalue weighted by molar-refractivity contribution is 5.80. The van der Waals surface area contributed by atoms with Gasteiger partial charge in [-0.2, -0.15) is 0 Å². The summed E-state index contributed by atoms with van der Waals surface area (Å²) in [7, 11) is 0. The Morgan fingerprint density at radius 3 is 2.76 bits per heavy atom. The number of nitrogens with one attached hydrogen (secondary N) is 1. The number of urea groups is 1. The summed E-state index contributed by atoms with van der Waals surface area (Å²) in [6, 6.07) is -0.296. The molecule has 0 aliphatic carbocycles. The lowest BCUT2D eigenvalue weighted by molar-refractivity contribution is -0.142. The van der Waals surface area contributed by atoms with E-state index >= 15 is 0 Å². The predicted octanol–water partition coefficient (Wildman–Crippen LogP) is 1.08. The number of carboxylic acid groups (broad SMARTS) is 1. The molecule has 1 aliphatic rings. The van der Waals surface area contributed by atoms with E-state index in [-0.39, 0.29) is 37.4 Å². The fourth-order valence-electron chi connectivity index (χ4n) is 2.57. The molecule has 7 heteroatoms. The number of carbonyl (C=O) groups is 3. The van der Waals surface area contributed by atoms with Crippen molar-refractivity contribution in [3.63, 3.8) is 0 Å². The van der Waals surface area contributed by atoms with Crippen LogP contribution in [-0.2, 0) is 14.3 Å². The number of carboxylic acids is 1. The van der Waals surface area contributed by atoms with Crippen LogP contribution in [0.5, 0.6) is 0 Å². The highest BCUT2D eigenvalue weighted by Crippen LogP contribution is 2.26. The van der Waals surface area contributed by atoms with Crippen LogP contribution in [0.1, 0.15) is 33.1 Å².